The number of para-hydroxylation sites is 2. The molecule has 4 aromatic carbocycles. The van der Waals surface area contributed by atoms with Crippen molar-refractivity contribution in [3.05, 3.63) is 119 Å². The molecular weight excluding hydrogens is 472 g/mol. The largest absolute Gasteiger partial charge is 0.493 e. The number of hydrogen-bond acceptors (Lipinski definition) is 5. The maximum absolute atomic E-state index is 13.9. The topological polar surface area (TPSA) is 59.6 Å². The van der Waals surface area contributed by atoms with Crippen LogP contribution in [0.1, 0.15) is 35.9 Å². The van der Waals surface area contributed by atoms with Gasteiger partial charge in [-0.3, -0.25) is 4.79 Å². The Bertz CT molecular complexity index is 1510. The van der Waals surface area contributed by atoms with Gasteiger partial charge < -0.3 is 20.1 Å². The third kappa shape index (κ3) is 4.41. The standard InChI is InChI=1S/C33H30N2O3/c1-37-30-17-16-24(20-31(30)38-2)25-18-28-32(29(36)19-25)33(35-27-11-7-6-10-26(27)34-28)23-14-12-22(13-15-23)21-8-4-3-5-9-21/h3-17,20,25,33-35H,18-19H2,1-2H3/t25-,33+/m1/s1. The molecule has 2 atom stereocenters. The van der Waals surface area contributed by atoms with Gasteiger partial charge in [0.2, 0.25) is 0 Å². The fraction of sp³-hybridized carbons (Fsp3) is 0.182. The van der Waals surface area contributed by atoms with Crippen LogP contribution in [0, 0.1) is 0 Å². The molecule has 0 unspecified atom stereocenters. The average Bonchev–Trinajstić information content (AvgIpc) is 3.14. The number of benzene rings is 4. The van der Waals surface area contributed by atoms with Gasteiger partial charge >= 0.3 is 0 Å². The third-order valence-electron chi connectivity index (χ3n) is 7.54. The van der Waals surface area contributed by atoms with Crippen LogP contribution in [0.3, 0.4) is 0 Å². The summed E-state index contributed by atoms with van der Waals surface area (Å²) in [6, 6.07) is 32.7. The van der Waals surface area contributed by atoms with Crippen molar-refractivity contribution in [3.8, 4) is 22.6 Å². The van der Waals surface area contributed by atoms with E-state index in [0.29, 0.717) is 17.9 Å². The van der Waals surface area contributed by atoms with E-state index in [2.05, 4.69) is 59.2 Å². The van der Waals surface area contributed by atoms with Crippen LogP contribution in [0.5, 0.6) is 11.5 Å². The highest BCUT2D eigenvalue weighted by atomic mass is 16.5. The Morgan fingerprint density at radius 3 is 2.08 bits per heavy atom. The molecule has 0 amide bonds. The highest BCUT2D eigenvalue weighted by Gasteiger charge is 2.36. The van der Waals surface area contributed by atoms with Gasteiger partial charge in [0, 0.05) is 17.7 Å². The SMILES string of the molecule is COc1ccc([C@H]2CC(=O)C3=C(C2)Nc2ccccc2N[C@H]3c2ccc(-c3ccccc3)cc2)cc1OC. The van der Waals surface area contributed by atoms with E-state index in [0.717, 1.165) is 45.8 Å². The lowest BCUT2D eigenvalue weighted by molar-refractivity contribution is -0.116. The fourth-order valence-corrected chi connectivity index (χ4v) is 5.58. The second kappa shape index (κ2) is 10.1. The summed E-state index contributed by atoms with van der Waals surface area (Å²) in [5, 5.41) is 7.29. The molecule has 0 spiro atoms. The van der Waals surface area contributed by atoms with Crippen LogP contribution in [0.2, 0.25) is 0 Å². The number of carbonyl (C=O) groups is 1. The number of allylic oxidation sites excluding steroid dienone is 1. The lowest BCUT2D eigenvalue weighted by Gasteiger charge is -2.30. The summed E-state index contributed by atoms with van der Waals surface area (Å²) < 4.78 is 11.0. The molecule has 0 fully saturated rings. The lowest BCUT2D eigenvalue weighted by Crippen LogP contribution is -2.26. The first kappa shape index (κ1) is 23.9. The Balaban J connectivity index is 1.39. The molecule has 0 radical (unpaired) electrons. The summed E-state index contributed by atoms with van der Waals surface area (Å²) in [7, 11) is 3.27. The molecule has 0 saturated heterocycles. The van der Waals surface area contributed by atoms with Gasteiger partial charge in [-0.05, 0) is 58.9 Å². The first-order valence-electron chi connectivity index (χ1n) is 12.9. The van der Waals surface area contributed by atoms with Crippen LogP contribution in [0.15, 0.2) is 108 Å². The second-order valence-corrected chi connectivity index (χ2v) is 9.77. The molecule has 0 bridgehead atoms. The summed E-state index contributed by atoms with van der Waals surface area (Å²) in [4.78, 5) is 13.9. The minimum Gasteiger partial charge on any atom is -0.493 e. The van der Waals surface area contributed by atoms with Gasteiger partial charge in [-0.15, -0.1) is 0 Å². The number of carbonyl (C=O) groups excluding carboxylic acids is 1. The molecule has 0 saturated carbocycles. The Kier molecular flexibility index (Phi) is 6.34. The van der Waals surface area contributed by atoms with E-state index in [9.17, 15) is 4.79 Å². The highest BCUT2D eigenvalue weighted by Crippen LogP contribution is 2.45. The maximum atomic E-state index is 13.9. The Labute approximate surface area is 223 Å². The number of hydrogen-bond donors (Lipinski definition) is 2. The normalized spacial score (nSPS) is 18.4. The second-order valence-electron chi connectivity index (χ2n) is 9.77. The zero-order valence-electron chi connectivity index (χ0n) is 21.5. The van der Waals surface area contributed by atoms with E-state index in [1.54, 1.807) is 14.2 Å². The number of ketones is 1. The van der Waals surface area contributed by atoms with Crippen molar-refractivity contribution < 1.29 is 14.3 Å². The summed E-state index contributed by atoms with van der Waals surface area (Å²) in [6.45, 7) is 0. The van der Waals surface area contributed by atoms with Crippen LogP contribution in [0.4, 0.5) is 11.4 Å². The molecule has 5 heteroatoms. The van der Waals surface area contributed by atoms with E-state index in [4.69, 9.17) is 9.47 Å². The molecule has 190 valence electrons. The third-order valence-corrected chi connectivity index (χ3v) is 7.54. The zero-order valence-corrected chi connectivity index (χ0v) is 21.5. The first-order valence-corrected chi connectivity index (χ1v) is 12.9. The van der Waals surface area contributed by atoms with Gasteiger partial charge in [0.1, 0.15) is 0 Å². The molecule has 1 heterocycles. The van der Waals surface area contributed by atoms with E-state index in [1.165, 1.54) is 5.56 Å². The lowest BCUT2D eigenvalue weighted by atomic mass is 9.78. The van der Waals surface area contributed by atoms with Crippen molar-refractivity contribution in [2.24, 2.45) is 0 Å². The molecule has 6 rings (SSSR count). The number of rotatable bonds is 5. The van der Waals surface area contributed by atoms with Crippen LogP contribution >= 0.6 is 0 Å². The summed E-state index contributed by atoms with van der Waals surface area (Å²) in [6.07, 6.45) is 1.16. The van der Waals surface area contributed by atoms with Crippen molar-refractivity contribution >= 4 is 17.2 Å². The van der Waals surface area contributed by atoms with Crippen molar-refractivity contribution in [3.63, 3.8) is 0 Å². The van der Waals surface area contributed by atoms with Crippen LogP contribution in [0.25, 0.3) is 11.1 Å². The van der Waals surface area contributed by atoms with Gasteiger partial charge in [0.05, 0.1) is 31.6 Å². The average molecular weight is 503 g/mol. The summed E-state index contributed by atoms with van der Waals surface area (Å²) >= 11 is 0. The van der Waals surface area contributed by atoms with E-state index < -0.39 is 0 Å². The number of anilines is 2. The van der Waals surface area contributed by atoms with Crippen molar-refractivity contribution in [1.82, 2.24) is 0 Å². The molecular formula is C33H30N2O3. The molecule has 5 nitrogen and oxygen atoms in total. The van der Waals surface area contributed by atoms with Crippen LogP contribution in [-0.2, 0) is 4.79 Å². The van der Waals surface area contributed by atoms with Crippen LogP contribution in [-0.4, -0.2) is 20.0 Å². The monoisotopic (exact) mass is 502 g/mol. The first-order chi connectivity index (χ1) is 18.6. The Hall–Kier alpha value is -4.51. The van der Waals surface area contributed by atoms with Gasteiger partial charge in [0.15, 0.2) is 17.3 Å². The number of ether oxygens (including phenoxy) is 2. The minimum atomic E-state index is -0.246. The summed E-state index contributed by atoms with van der Waals surface area (Å²) in [5.41, 5.74) is 8.19. The molecule has 0 aromatic heterocycles. The Morgan fingerprint density at radius 2 is 1.34 bits per heavy atom. The molecule has 1 aliphatic heterocycles. The van der Waals surface area contributed by atoms with E-state index in [-0.39, 0.29) is 17.7 Å². The van der Waals surface area contributed by atoms with Crippen molar-refractivity contribution in [2.75, 3.05) is 24.9 Å². The fourth-order valence-electron chi connectivity index (χ4n) is 5.58. The number of nitrogens with one attached hydrogen (secondary N) is 2. The summed E-state index contributed by atoms with van der Waals surface area (Å²) in [5.74, 6) is 1.55. The number of Topliss-reactive ketones (excluding diaryl/α,β-unsaturated/α-hetero) is 1. The Morgan fingerprint density at radius 1 is 0.684 bits per heavy atom. The maximum Gasteiger partial charge on any atom is 0.163 e. The molecule has 4 aromatic rings. The van der Waals surface area contributed by atoms with Gasteiger partial charge in [-0.1, -0.05) is 72.8 Å². The predicted molar refractivity (Wildman–Crippen MR) is 152 cm³/mol. The smallest absolute Gasteiger partial charge is 0.163 e. The molecule has 2 N–H and O–H groups in total. The van der Waals surface area contributed by atoms with Crippen LogP contribution < -0.4 is 20.1 Å². The number of methoxy groups -OCH3 is 2. The molecule has 38 heavy (non-hydrogen) atoms. The molecule has 1 aliphatic carbocycles. The zero-order chi connectivity index (χ0) is 26.1. The van der Waals surface area contributed by atoms with Gasteiger partial charge in [0.25, 0.3) is 0 Å². The van der Waals surface area contributed by atoms with Gasteiger partial charge in [-0.25, -0.2) is 0 Å². The van der Waals surface area contributed by atoms with E-state index in [1.807, 2.05) is 48.5 Å². The van der Waals surface area contributed by atoms with Crippen molar-refractivity contribution in [2.45, 2.75) is 24.8 Å². The van der Waals surface area contributed by atoms with Gasteiger partial charge in [-0.2, -0.15) is 0 Å². The predicted octanol–water partition coefficient (Wildman–Crippen LogP) is 7.35. The molecule has 2 aliphatic rings. The highest BCUT2D eigenvalue weighted by molar-refractivity contribution is 6.01. The quantitative estimate of drug-likeness (QED) is 0.299. The minimum absolute atomic E-state index is 0.0416. The van der Waals surface area contributed by atoms with E-state index >= 15 is 0 Å². The van der Waals surface area contributed by atoms with Crippen molar-refractivity contribution in [1.29, 1.82) is 0 Å². The number of fused-ring (bicyclic) bond motifs is 1.